The number of phenols is 1. The molecule has 5 nitrogen and oxygen atoms in total. The molecule has 0 aliphatic carbocycles. The van der Waals surface area contributed by atoms with Crippen molar-refractivity contribution in [1.29, 1.82) is 0 Å². The molecule has 0 radical (unpaired) electrons. The number of hydrazone groups is 1. The first-order valence-corrected chi connectivity index (χ1v) is 8.37. The molecule has 3 aromatic carbocycles. The lowest BCUT2D eigenvalue weighted by Gasteiger charge is -2.05. The molecule has 0 fully saturated rings. The molecule has 0 aromatic heterocycles. The zero-order valence-electron chi connectivity index (χ0n) is 12.0. The van der Waals surface area contributed by atoms with Gasteiger partial charge in [-0.15, -0.1) is 0 Å². The molecule has 0 aliphatic rings. The molecule has 23 heavy (non-hydrogen) atoms. The van der Waals surface area contributed by atoms with E-state index in [4.69, 9.17) is 0 Å². The second-order valence-electron chi connectivity index (χ2n) is 4.89. The lowest BCUT2D eigenvalue weighted by Crippen LogP contribution is -2.18. The van der Waals surface area contributed by atoms with Crippen LogP contribution < -0.4 is 4.83 Å². The van der Waals surface area contributed by atoms with Crippen LogP contribution in [-0.4, -0.2) is 19.7 Å². The predicted molar refractivity (Wildman–Crippen MR) is 90.0 cm³/mol. The maximum Gasteiger partial charge on any atom is 0.276 e. The molecule has 0 amide bonds. The van der Waals surface area contributed by atoms with Crippen molar-refractivity contribution >= 4 is 27.0 Å². The summed E-state index contributed by atoms with van der Waals surface area (Å²) in [7, 11) is -3.72. The molecule has 6 heteroatoms. The van der Waals surface area contributed by atoms with Gasteiger partial charge < -0.3 is 5.11 Å². The summed E-state index contributed by atoms with van der Waals surface area (Å²) < 4.78 is 24.1. The Labute approximate surface area is 134 Å². The van der Waals surface area contributed by atoms with Crippen LogP contribution in [0, 0.1) is 0 Å². The van der Waals surface area contributed by atoms with E-state index in [-0.39, 0.29) is 10.6 Å². The van der Waals surface area contributed by atoms with Gasteiger partial charge in [-0.05, 0) is 23.6 Å². The van der Waals surface area contributed by atoms with Gasteiger partial charge in [-0.25, -0.2) is 4.83 Å². The Morgan fingerprint density at radius 3 is 2.39 bits per heavy atom. The van der Waals surface area contributed by atoms with Crippen LogP contribution in [0.2, 0.25) is 0 Å². The lowest BCUT2D eigenvalue weighted by molar-refractivity contribution is 0.481. The first kappa shape index (κ1) is 15.1. The number of sulfonamides is 1. The van der Waals surface area contributed by atoms with Gasteiger partial charge in [-0.3, -0.25) is 0 Å². The second-order valence-corrected chi connectivity index (χ2v) is 6.55. The van der Waals surface area contributed by atoms with Gasteiger partial charge in [0.25, 0.3) is 10.0 Å². The third-order valence-electron chi connectivity index (χ3n) is 3.36. The van der Waals surface area contributed by atoms with Crippen molar-refractivity contribution in [2.75, 3.05) is 0 Å². The average Bonchev–Trinajstić information content (AvgIpc) is 2.58. The number of hydrogen-bond donors (Lipinski definition) is 2. The summed E-state index contributed by atoms with van der Waals surface area (Å²) in [6.07, 6.45) is 1.28. The van der Waals surface area contributed by atoms with Gasteiger partial charge in [0.1, 0.15) is 5.75 Å². The molecule has 0 aliphatic heterocycles. The third kappa shape index (κ3) is 3.17. The number of aromatic hydroxyl groups is 1. The summed E-state index contributed by atoms with van der Waals surface area (Å²) in [5.41, 5.74) is 0.430. The van der Waals surface area contributed by atoms with E-state index in [0.717, 1.165) is 5.39 Å². The minimum Gasteiger partial charge on any atom is -0.507 e. The van der Waals surface area contributed by atoms with Crippen LogP contribution in [0.3, 0.4) is 0 Å². The quantitative estimate of drug-likeness (QED) is 0.571. The molecule has 3 rings (SSSR count). The molecule has 0 unspecified atom stereocenters. The first-order valence-electron chi connectivity index (χ1n) is 6.88. The van der Waals surface area contributed by atoms with Gasteiger partial charge >= 0.3 is 0 Å². The molecular formula is C17H14N2O3S. The van der Waals surface area contributed by atoms with Gasteiger partial charge in [-0.2, -0.15) is 13.5 Å². The van der Waals surface area contributed by atoms with Gasteiger partial charge in [-0.1, -0.05) is 48.5 Å². The fourth-order valence-electron chi connectivity index (χ4n) is 2.19. The number of nitrogens with zero attached hydrogens (tertiary/aromatic N) is 1. The molecule has 3 aromatic rings. The summed E-state index contributed by atoms with van der Waals surface area (Å²) in [5, 5.41) is 15.5. The highest BCUT2D eigenvalue weighted by molar-refractivity contribution is 7.89. The Hall–Kier alpha value is -2.86. The predicted octanol–water partition coefficient (Wildman–Crippen LogP) is 2.86. The SMILES string of the molecule is O=S(=O)(N/N=C/c1ccc2ccccc2c1O)c1ccccc1. The molecule has 2 N–H and O–H groups in total. The number of benzene rings is 3. The fraction of sp³-hybridized carbons (Fsp3) is 0. The van der Waals surface area contributed by atoms with E-state index in [1.165, 1.54) is 18.3 Å². The molecule has 0 saturated carbocycles. The molecule has 116 valence electrons. The van der Waals surface area contributed by atoms with Crippen LogP contribution in [0.4, 0.5) is 0 Å². The Bertz CT molecular complexity index is 968. The van der Waals surface area contributed by atoms with E-state index >= 15 is 0 Å². The first-order chi connectivity index (χ1) is 11.1. The average molecular weight is 326 g/mol. The Balaban J connectivity index is 1.85. The zero-order chi connectivity index (χ0) is 16.3. The van der Waals surface area contributed by atoms with Gasteiger partial charge in [0.15, 0.2) is 0 Å². The highest BCUT2D eigenvalue weighted by Gasteiger charge is 2.11. The summed E-state index contributed by atoms with van der Waals surface area (Å²) in [6.45, 7) is 0. The zero-order valence-corrected chi connectivity index (χ0v) is 12.9. The second kappa shape index (κ2) is 6.10. The molecule has 0 bridgehead atoms. The van der Waals surface area contributed by atoms with E-state index in [1.54, 1.807) is 30.3 Å². The van der Waals surface area contributed by atoms with Gasteiger partial charge in [0.2, 0.25) is 0 Å². The van der Waals surface area contributed by atoms with E-state index < -0.39 is 10.0 Å². The van der Waals surface area contributed by atoms with E-state index in [0.29, 0.717) is 10.9 Å². The summed E-state index contributed by atoms with van der Waals surface area (Å²) in [6, 6.07) is 18.8. The smallest absolute Gasteiger partial charge is 0.276 e. The highest BCUT2D eigenvalue weighted by Crippen LogP contribution is 2.27. The van der Waals surface area contributed by atoms with Crippen molar-refractivity contribution in [2.24, 2.45) is 5.10 Å². The van der Waals surface area contributed by atoms with E-state index in [2.05, 4.69) is 9.93 Å². The Kier molecular flexibility index (Phi) is 3.99. The summed E-state index contributed by atoms with van der Waals surface area (Å²) in [4.78, 5) is 2.25. The maximum atomic E-state index is 12.0. The topological polar surface area (TPSA) is 78.8 Å². The van der Waals surface area contributed by atoms with Crippen molar-refractivity contribution in [3.8, 4) is 5.75 Å². The van der Waals surface area contributed by atoms with Gasteiger partial charge in [0, 0.05) is 10.9 Å². The van der Waals surface area contributed by atoms with Crippen molar-refractivity contribution in [3.63, 3.8) is 0 Å². The number of fused-ring (bicyclic) bond motifs is 1. The number of nitrogens with one attached hydrogen (secondary N) is 1. The van der Waals surface area contributed by atoms with Crippen molar-refractivity contribution in [3.05, 3.63) is 72.3 Å². The van der Waals surface area contributed by atoms with Crippen molar-refractivity contribution in [1.82, 2.24) is 4.83 Å². The normalized spacial score (nSPS) is 11.8. The number of phenolic OH excluding ortho intramolecular Hbond substituents is 1. The Morgan fingerprint density at radius 1 is 0.913 bits per heavy atom. The number of hydrogen-bond acceptors (Lipinski definition) is 4. The van der Waals surface area contributed by atoms with Crippen molar-refractivity contribution in [2.45, 2.75) is 4.90 Å². The number of rotatable bonds is 4. The summed E-state index contributed by atoms with van der Waals surface area (Å²) >= 11 is 0. The summed E-state index contributed by atoms with van der Waals surface area (Å²) in [5.74, 6) is 0.0609. The third-order valence-corrected chi connectivity index (χ3v) is 4.60. The molecule has 0 heterocycles. The highest BCUT2D eigenvalue weighted by atomic mass is 32.2. The van der Waals surface area contributed by atoms with Crippen LogP contribution in [0.25, 0.3) is 10.8 Å². The lowest BCUT2D eigenvalue weighted by atomic mass is 10.1. The monoisotopic (exact) mass is 326 g/mol. The Morgan fingerprint density at radius 2 is 1.61 bits per heavy atom. The minimum absolute atomic E-state index is 0.0609. The molecular weight excluding hydrogens is 312 g/mol. The van der Waals surface area contributed by atoms with E-state index in [9.17, 15) is 13.5 Å². The van der Waals surface area contributed by atoms with Crippen LogP contribution in [0.5, 0.6) is 5.75 Å². The maximum absolute atomic E-state index is 12.0. The molecule has 0 atom stereocenters. The minimum atomic E-state index is -3.72. The van der Waals surface area contributed by atoms with Crippen LogP contribution in [0.1, 0.15) is 5.56 Å². The van der Waals surface area contributed by atoms with Crippen LogP contribution >= 0.6 is 0 Å². The van der Waals surface area contributed by atoms with Gasteiger partial charge in [0.05, 0.1) is 11.1 Å². The van der Waals surface area contributed by atoms with E-state index in [1.807, 2.05) is 24.3 Å². The molecule has 0 saturated heterocycles. The fourth-order valence-corrected chi connectivity index (χ4v) is 3.01. The van der Waals surface area contributed by atoms with Crippen molar-refractivity contribution < 1.29 is 13.5 Å². The van der Waals surface area contributed by atoms with Crippen LogP contribution in [-0.2, 0) is 10.0 Å². The standard InChI is InChI=1S/C17H14N2O3S/c20-17-14(11-10-13-6-4-5-9-16(13)17)12-18-19-23(21,22)15-7-2-1-3-8-15/h1-12,19-20H/b18-12+. The van der Waals surface area contributed by atoms with Crippen LogP contribution in [0.15, 0.2) is 76.7 Å². The largest absolute Gasteiger partial charge is 0.507 e. The molecule has 0 spiro atoms.